The number of aromatic nitrogens is 3. The van der Waals surface area contributed by atoms with Crippen LogP contribution in [0, 0.1) is 0 Å². The zero-order valence-corrected chi connectivity index (χ0v) is 9.93. The van der Waals surface area contributed by atoms with E-state index in [1.165, 1.54) is 6.20 Å². The maximum absolute atomic E-state index is 9.79. The Labute approximate surface area is 93.9 Å². The zero-order chi connectivity index (χ0) is 11.9. The lowest BCUT2D eigenvalue weighted by Crippen LogP contribution is -2.33. The summed E-state index contributed by atoms with van der Waals surface area (Å²) in [6.45, 7) is 5.87. The molecular formula is C11H16N3O2+. The van der Waals surface area contributed by atoms with E-state index in [1.54, 1.807) is 10.9 Å². The Morgan fingerprint density at radius 2 is 2.12 bits per heavy atom. The molecule has 0 aromatic carbocycles. The van der Waals surface area contributed by atoms with Crippen LogP contribution in [-0.2, 0) is 7.05 Å². The molecule has 5 heteroatoms. The molecule has 0 spiro atoms. The molecule has 1 N–H and O–H groups in total. The highest BCUT2D eigenvalue weighted by Crippen LogP contribution is 2.19. The van der Waals surface area contributed by atoms with E-state index in [1.807, 2.05) is 33.9 Å². The van der Waals surface area contributed by atoms with E-state index >= 15 is 0 Å². The molecule has 0 aliphatic rings. The highest BCUT2D eigenvalue weighted by Gasteiger charge is 2.18. The van der Waals surface area contributed by atoms with Crippen LogP contribution < -0.4 is 9.47 Å². The van der Waals surface area contributed by atoms with Crippen molar-refractivity contribution < 1.29 is 14.7 Å². The fourth-order valence-electron chi connectivity index (χ4n) is 1.59. The minimum atomic E-state index is -0.296. The van der Waals surface area contributed by atoms with E-state index in [4.69, 9.17) is 4.74 Å². The molecule has 0 fully saturated rings. The average Bonchev–Trinajstić information content (AvgIpc) is 2.44. The molecule has 16 heavy (non-hydrogen) atoms. The predicted molar refractivity (Wildman–Crippen MR) is 58.5 cm³/mol. The molecule has 2 heterocycles. The number of hydrogen-bond donors (Lipinski definition) is 1. The van der Waals surface area contributed by atoms with Gasteiger partial charge in [-0.05, 0) is 25.5 Å². The highest BCUT2D eigenvalue weighted by atomic mass is 16.5. The Balaban J connectivity index is 2.51. The minimum absolute atomic E-state index is 0.296. The summed E-state index contributed by atoms with van der Waals surface area (Å²) in [5, 5.41) is 9.79. The Morgan fingerprint density at radius 1 is 1.44 bits per heavy atom. The molecule has 0 saturated carbocycles. The number of rotatable bonds is 1. The Bertz CT molecular complexity index is 526. The molecule has 0 amide bonds. The van der Waals surface area contributed by atoms with E-state index in [0.717, 1.165) is 4.73 Å². The molecule has 0 unspecified atom stereocenters. The fourth-order valence-corrected chi connectivity index (χ4v) is 1.59. The Hall–Kier alpha value is -1.78. The highest BCUT2D eigenvalue weighted by molar-refractivity contribution is 5.68. The smallest absolute Gasteiger partial charge is 0.347 e. The maximum Gasteiger partial charge on any atom is 0.347 e. The lowest BCUT2D eigenvalue weighted by Gasteiger charge is -2.20. The average molecular weight is 222 g/mol. The molecule has 86 valence electrons. The summed E-state index contributed by atoms with van der Waals surface area (Å²) in [6.07, 6.45) is 3.19. The Kier molecular flexibility index (Phi) is 2.26. The van der Waals surface area contributed by atoms with E-state index in [-0.39, 0.29) is 5.60 Å². The van der Waals surface area contributed by atoms with Crippen LogP contribution in [0.15, 0.2) is 18.6 Å². The van der Waals surface area contributed by atoms with E-state index in [0.29, 0.717) is 16.9 Å². The summed E-state index contributed by atoms with van der Waals surface area (Å²) >= 11 is 0. The van der Waals surface area contributed by atoms with Gasteiger partial charge in [-0.3, -0.25) is 0 Å². The third-order valence-electron chi connectivity index (χ3n) is 2.10. The van der Waals surface area contributed by atoms with Crippen molar-refractivity contribution >= 4 is 11.2 Å². The number of aryl methyl sites for hydroxylation is 1. The van der Waals surface area contributed by atoms with Gasteiger partial charge in [0.05, 0.1) is 7.05 Å². The summed E-state index contributed by atoms with van der Waals surface area (Å²) in [7, 11) is 1.83. The molecule has 0 atom stereocenters. The van der Waals surface area contributed by atoms with Crippen LogP contribution in [0.25, 0.3) is 11.2 Å². The predicted octanol–water partition coefficient (Wildman–Crippen LogP) is 1.28. The largest absolute Gasteiger partial charge is 0.484 e. The monoisotopic (exact) mass is 222 g/mol. The second kappa shape index (κ2) is 3.37. The van der Waals surface area contributed by atoms with Gasteiger partial charge in [-0.1, -0.05) is 0 Å². The first kappa shape index (κ1) is 10.7. The standard InChI is InChI=1S/C11H16N3O2/c1-11(2,3)16-8-5-9-10(14(15)6-8)13(4)7-12-9/h5-7,15H,1-4H3/q+1. The third-order valence-corrected chi connectivity index (χ3v) is 2.10. The number of hydrogen-bond acceptors (Lipinski definition) is 3. The number of imidazole rings is 1. The first-order chi connectivity index (χ1) is 7.37. The molecule has 2 aromatic rings. The van der Waals surface area contributed by atoms with Gasteiger partial charge >= 0.3 is 5.65 Å². The molecule has 0 aliphatic carbocycles. The van der Waals surface area contributed by atoms with Crippen LogP contribution in [0.5, 0.6) is 5.75 Å². The summed E-state index contributed by atoms with van der Waals surface area (Å²) in [4.78, 5) is 4.17. The van der Waals surface area contributed by atoms with Crippen molar-refractivity contribution in [2.24, 2.45) is 7.05 Å². The van der Waals surface area contributed by atoms with Gasteiger partial charge in [0.2, 0.25) is 0 Å². The summed E-state index contributed by atoms with van der Waals surface area (Å²) in [5.74, 6) is 0.598. The van der Waals surface area contributed by atoms with Crippen molar-refractivity contribution in [3.8, 4) is 5.75 Å². The van der Waals surface area contributed by atoms with Crippen molar-refractivity contribution in [2.75, 3.05) is 0 Å². The molecule has 5 nitrogen and oxygen atoms in total. The molecule has 0 aliphatic heterocycles. The van der Waals surface area contributed by atoms with Gasteiger partial charge in [0.15, 0.2) is 23.8 Å². The molecule has 2 aromatic heterocycles. The molecular weight excluding hydrogens is 206 g/mol. The fraction of sp³-hybridized carbons (Fsp3) is 0.455. The van der Waals surface area contributed by atoms with Crippen LogP contribution >= 0.6 is 0 Å². The third kappa shape index (κ3) is 1.93. The van der Waals surface area contributed by atoms with Gasteiger partial charge in [0.1, 0.15) is 5.60 Å². The zero-order valence-electron chi connectivity index (χ0n) is 9.93. The first-order valence-corrected chi connectivity index (χ1v) is 5.12. The second-order valence-corrected chi connectivity index (χ2v) is 4.80. The molecule has 0 saturated heterocycles. The van der Waals surface area contributed by atoms with Gasteiger partial charge in [0, 0.05) is 6.07 Å². The summed E-state index contributed by atoms with van der Waals surface area (Å²) in [6, 6.07) is 1.81. The van der Waals surface area contributed by atoms with Crippen LogP contribution in [0.4, 0.5) is 0 Å². The van der Waals surface area contributed by atoms with Crippen LogP contribution in [-0.4, -0.2) is 20.4 Å². The van der Waals surface area contributed by atoms with Crippen LogP contribution in [0.1, 0.15) is 20.8 Å². The lowest BCUT2D eigenvalue weighted by molar-refractivity contribution is -0.886. The van der Waals surface area contributed by atoms with Gasteiger partial charge in [0.25, 0.3) is 0 Å². The quantitative estimate of drug-likeness (QED) is 0.584. The van der Waals surface area contributed by atoms with Crippen molar-refractivity contribution in [1.29, 1.82) is 0 Å². The maximum atomic E-state index is 9.79. The van der Waals surface area contributed by atoms with Crippen molar-refractivity contribution in [2.45, 2.75) is 26.4 Å². The van der Waals surface area contributed by atoms with Crippen molar-refractivity contribution in [1.82, 2.24) is 9.55 Å². The van der Waals surface area contributed by atoms with Crippen molar-refractivity contribution in [3.63, 3.8) is 0 Å². The van der Waals surface area contributed by atoms with Crippen molar-refractivity contribution in [3.05, 3.63) is 18.6 Å². The number of pyridine rings is 1. The van der Waals surface area contributed by atoms with E-state index in [9.17, 15) is 5.21 Å². The lowest BCUT2D eigenvalue weighted by atomic mass is 10.2. The molecule has 0 radical (unpaired) electrons. The number of nitrogens with zero attached hydrogens (tertiary/aromatic N) is 3. The van der Waals surface area contributed by atoms with E-state index in [2.05, 4.69) is 4.98 Å². The normalized spacial score (nSPS) is 12.0. The van der Waals surface area contributed by atoms with Gasteiger partial charge in [-0.2, -0.15) is 0 Å². The van der Waals surface area contributed by atoms with Crippen LogP contribution in [0.2, 0.25) is 0 Å². The Morgan fingerprint density at radius 3 is 2.75 bits per heavy atom. The minimum Gasteiger partial charge on any atom is -0.484 e. The number of ether oxygens (including phenoxy) is 1. The summed E-state index contributed by atoms with van der Waals surface area (Å²) in [5.41, 5.74) is 1.04. The van der Waals surface area contributed by atoms with Gasteiger partial charge in [-0.15, -0.1) is 0 Å². The number of fused-ring (bicyclic) bond motifs is 1. The van der Waals surface area contributed by atoms with Gasteiger partial charge in [-0.25, -0.2) is 9.55 Å². The SMILES string of the molecule is Cn1cnc2cc(OC(C)(C)C)c[n+](O)c21. The second-order valence-electron chi connectivity index (χ2n) is 4.80. The van der Waals surface area contributed by atoms with Crippen LogP contribution in [0.3, 0.4) is 0 Å². The first-order valence-electron chi connectivity index (χ1n) is 5.12. The summed E-state index contributed by atoms with van der Waals surface area (Å²) < 4.78 is 8.45. The van der Waals surface area contributed by atoms with Gasteiger partial charge < -0.3 is 9.94 Å². The van der Waals surface area contributed by atoms with E-state index < -0.39 is 0 Å². The molecule has 2 rings (SSSR count). The molecule has 0 bridgehead atoms. The topological polar surface area (TPSA) is 51.2 Å².